The van der Waals surface area contributed by atoms with E-state index in [-0.39, 0.29) is 6.61 Å². The van der Waals surface area contributed by atoms with Crippen LogP contribution in [0.25, 0.3) is 0 Å². The third kappa shape index (κ3) is 4.96. The number of aliphatic hydroxyl groups is 2. The van der Waals surface area contributed by atoms with E-state index in [1.807, 2.05) is 0 Å². The first-order chi connectivity index (χ1) is 9.72. The largest absolute Gasteiger partial charge is 0.463 e. The van der Waals surface area contributed by atoms with Gasteiger partial charge in [-0.3, -0.25) is 14.4 Å². The first-order valence-corrected chi connectivity index (χ1v) is 6.21. The van der Waals surface area contributed by atoms with Crippen LogP contribution in [0.5, 0.6) is 0 Å². The molecule has 0 aromatic carbocycles. The maximum Gasteiger partial charge on any atom is 0.303 e. The van der Waals surface area contributed by atoms with Crippen LogP contribution in [0.15, 0.2) is 0 Å². The second-order valence-electron chi connectivity index (χ2n) is 4.51. The summed E-state index contributed by atoms with van der Waals surface area (Å²) in [5, 5.41) is 19.8. The van der Waals surface area contributed by atoms with E-state index in [1.54, 1.807) is 0 Å². The number of hydrogen-bond acceptors (Lipinski definition) is 9. The van der Waals surface area contributed by atoms with Crippen LogP contribution in [0, 0.1) is 0 Å². The first kappa shape index (κ1) is 17.3. The van der Waals surface area contributed by atoms with Crippen LogP contribution in [-0.2, 0) is 33.3 Å². The molecule has 1 heterocycles. The average molecular weight is 306 g/mol. The summed E-state index contributed by atoms with van der Waals surface area (Å²) in [6.45, 7) is 3.03. The fraction of sp³-hybridized carbons (Fsp3) is 0.750. The molecule has 0 saturated carbocycles. The van der Waals surface area contributed by atoms with E-state index in [0.717, 1.165) is 20.8 Å². The number of rotatable bonds is 4. The van der Waals surface area contributed by atoms with Gasteiger partial charge >= 0.3 is 17.9 Å². The molecule has 1 aliphatic heterocycles. The molecule has 1 rings (SSSR count). The van der Waals surface area contributed by atoms with Gasteiger partial charge in [-0.05, 0) is 0 Å². The zero-order valence-corrected chi connectivity index (χ0v) is 11.8. The third-order valence-corrected chi connectivity index (χ3v) is 2.69. The Morgan fingerprint density at radius 3 is 1.95 bits per heavy atom. The normalized spacial score (nSPS) is 32.1. The lowest BCUT2D eigenvalue weighted by molar-refractivity contribution is -0.293. The van der Waals surface area contributed by atoms with Crippen LogP contribution in [0.3, 0.4) is 0 Å². The monoisotopic (exact) mass is 306 g/mol. The van der Waals surface area contributed by atoms with Crippen molar-refractivity contribution in [1.82, 2.24) is 0 Å². The highest BCUT2D eigenvalue weighted by Gasteiger charge is 2.48. The lowest BCUT2D eigenvalue weighted by Crippen LogP contribution is -2.61. The van der Waals surface area contributed by atoms with Crippen LogP contribution >= 0.6 is 0 Å². The molecule has 1 saturated heterocycles. The maximum absolute atomic E-state index is 11.1. The molecule has 0 amide bonds. The fourth-order valence-corrected chi connectivity index (χ4v) is 1.90. The maximum atomic E-state index is 11.1. The standard InChI is InChI=1S/C12H18O9/c1-5(13)18-4-8-10(19-6(2)14)9(16)11(12(17)21-8)20-7(3)15/h8-12,16-17H,4H2,1-3H3/t8-,9+,10-,11+,12-/m1/s1. The topological polar surface area (TPSA) is 129 Å². The summed E-state index contributed by atoms with van der Waals surface area (Å²) in [5.74, 6) is -2.07. The van der Waals surface area contributed by atoms with Gasteiger partial charge in [0.1, 0.15) is 18.8 Å². The van der Waals surface area contributed by atoms with E-state index in [9.17, 15) is 24.6 Å². The van der Waals surface area contributed by atoms with E-state index in [2.05, 4.69) is 0 Å². The number of carbonyl (C=O) groups excluding carboxylic acids is 3. The predicted octanol–water partition coefficient (Wildman–Crippen LogP) is -1.51. The third-order valence-electron chi connectivity index (χ3n) is 2.69. The smallest absolute Gasteiger partial charge is 0.303 e. The minimum atomic E-state index is -1.64. The van der Waals surface area contributed by atoms with Crippen molar-refractivity contribution in [3.05, 3.63) is 0 Å². The quantitative estimate of drug-likeness (QED) is 0.470. The van der Waals surface area contributed by atoms with Gasteiger partial charge in [0.25, 0.3) is 0 Å². The van der Waals surface area contributed by atoms with E-state index in [4.69, 9.17) is 18.9 Å². The van der Waals surface area contributed by atoms with E-state index in [1.165, 1.54) is 0 Å². The van der Waals surface area contributed by atoms with Crippen molar-refractivity contribution in [3.8, 4) is 0 Å². The summed E-state index contributed by atoms with van der Waals surface area (Å²) >= 11 is 0. The summed E-state index contributed by atoms with van der Waals surface area (Å²) in [5.41, 5.74) is 0. The summed E-state index contributed by atoms with van der Waals surface area (Å²) in [6.07, 6.45) is -6.93. The summed E-state index contributed by atoms with van der Waals surface area (Å²) in [6, 6.07) is 0. The molecular formula is C12H18O9. The van der Waals surface area contributed by atoms with Gasteiger partial charge in [0, 0.05) is 20.8 Å². The molecule has 0 aromatic rings. The minimum absolute atomic E-state index is 0.339. The van der Waals surface area contributed by atoms with Crippen molar-refractivity contribution in [2.45, 2.75) is 51.5 Å². The van der Waals surface area contributed by atoms with E-state index < -0.39 is 48.6 Å². The molecule has 9 nitrogen and oxygen atoms in total. The molecule has 0 unspecified atom stereocenters. The molecule has 120 valence electrons. The Labute approximate surface area is 120 Å². The molecule has 0 radical (unpaired) electrons. The second-order valence-corrected chi connectivity index (χ2v) is 4.51. The highest BCUT2D eigenvalue weighted by atomic mass is 16.7. The number of aliphatic hydroxyl groups excluding tert-OH is 2. The van der Waals surface area contributed by atoms with Gasteiger partial charge in [0.05, 0.1) is 0 Å². The fourth-order valence-electron chi connectivity index (χ4n) is 1.90. The number of ether oxygens (including phenoxy) is 4. The number of hydrogen-bond donors (Lipinski definition) is 2. The van der Waals surface area contributed by atoms with Gasteiger partial charge in [-0.1, -0.05) is 0 Å². The Morgan fingerprint density at radius 2 is 1.48 bits per heavy atom. The Kier molecular flexibility index (Phi) is 6.06. The molecule has 2 N–H and O–H groups in total. The van der Waals surface area contributed by atoms with Gasteiger partial charge in [0.2, 0.25) is 0 Å². The highest BCUT2D eigenvalue weighted by Crippen LogP contribution is 2.25. The summed E-state index contributed by atoms with van der Waals surface area (Å²) < 4.78 is 19.5. The van der Waals surface area contributed by atoms with Crippen molar-refractivity contribution >= 4 is 17.9 Å². The zero-order chi connectivity index (χ0) is 16.2. The predicted molar refractivity (Wildman–Crippen MR) is 64.6 cm³/mol. The van der Waals surface area contributed by atoms with Gasteiger partial charge in [-0.15, -0.1) is 0 Å². The Hall–Kier alpha value is -1.71. The molecule has 21 heavy (non-hydrogen) atoms. The van der Waals surface area contributed by atoms with Crippen molar-refractivity contribution < 1.29 is 43.5 Å². The van der Waals surface area contributed by atoms with E-state index in [0.29, 0.717) is 0 Å². The molecule has 0 aliphatic carbocycles. The Bertz CT molecular complexity index is 406. The summed E-state index contributed by atoms with van der Waals surface area (Å²) in [4.78, 5) is 32.8. The van der Waals surface area contributed by atoms with Gasteiger partial charge in [0.15, 0.2) is 18.5 Å². The SMILES string of the molecule is CC(=O)OC[C@H]1O[C@@H](O)[C@@H](OC(C)=O)[C@@H](O)[C@@H]1OC(C)=O. The van der Waals surface area contributed by atoms with Crippen LogP contribution in [0.2, 0.25) is 0 Å². The van der Waals surface area contributed by atoms with Gasteiger partial charge in [-0.2, -0.15) is 0 Å². The summed E-state index contributed by atoms with van der Waals surface area (Å²) in [7, 11) is 0. The zero-order valence-electron chi connectivity index (χ0n) is 11.8. The van der Waals surface area contributed by atoms with Crippen LogP contribution in [0.4, 0.5) is 0 Å². The van der Waals surface area contributed by atoms with Gasteiger partial charge in [-0.25, -0.2) is 0 Å². The van der Waals surface area contributed by atoms with Crippen molar-refractivity contribution in [2.75, 3.05) is 6.61 Å². The average Bonchev–Trinajstić information content (AvgIpc) is 2.35. The van der Waals surface area contributed by atoms with Crippen LogP contribution in [-0.4, -0.2) is 65.4 Å². The van der Waals surface area contributed by atoms with Crippen molar-refractivity contribution in [1.29, 1.82) is 0 Å². The first-order valence-electron chi connectivity index (χ1n) is 6.21. The number of esters is 3. The molecule has 0 aromatic heterocycles. The molecule has 9 heteroatoms. The van der Waals surface area contributed by atoms with Crippen molar-refractivity contribution in [2.24, 2.45) is 0 Å². The van der Waals surface area contributed by atoms with E-state index >= 15 is 0 Å². The van der Waals surface area contributed by atoms with Crippen molar-refractivity contribution in [3.63, 3.8) is 0 Å². The molecular weight excluding hydrogens is 288 g/mol. The molecule has 1 aliphatic rings. The van der Waals surface area contributed by atoms with Gasteiger partial charge < -0.3 is 29.2 Å². The molecule has 0 bridgehead atoms. The molecule has 5 atom stereocenters. The highest BCUT2D eigenvalue weighted by molar-refractivity contribution is 5.67. The van der Waals surface area contributed by atoms with Crippen LogP contribution < -0.4 is 0 Å². The Balaban J connectivity index is 2.86. The minimum Gasteiger partial charge on any atom is -0.463 e. The lowest BCUT2D eigenvalue weighted by Gasteiger charge is -2.41. The van der Waals surface area contributed by atoms with Crippen LogP contribution in [0.1, 0.15) is 20.8 Å². The molecule has 1 fully saturated rings. The molecule has 0 spiro atoms. The lowest BCUT2D eigenvalue weighted by atomic mass is 9.99. The number of carbonyl (C=O) groups is 3. The Morgan fingerprint density at radius 1 is 0.952 bits per heavy atom. The second kappa shape index (κ2) is 7.34.